The second-order valence-electron chi connectivity index (χ2n) is 6.59. The third kappa shape index (κ3) is 3.83. The van der Waals surface area contributed by atoms with Crippen LogP contribution in [0.2, 0.25) is 0 Å². The zero-order valence-electron chi connectivity index (χ0n) is 15.0. The number of aromatic nitrogens is 2. The minimum Gasteiger partial charge on any atom is -0.341 e. The minimum absolute atomic E-state index is 0.0680. The van der Waals surface area contributed by atoms with E-state index in [1.165, 1.54) is 6.07 Å². The van der Waals surface area contributed by atoms with Gasteiger partial charge in [-0.25, -0.2) is 18.7 Å². The van der Waals surface area contributed by atoms with Gasteiger partial charge in [0.05, 0.1) is 11.4 Å². The Morgan fingerprint density at radius 1 is 1.00 bits per heavy atom. The van der Waals surface area contributed by atoms with Crippen molar-refractivity contribution in [3.05, 3.63) is 71.9 Å². The molecule has 0 spiro atoms. The number of halogens is 2. The predicted molar refractivity (Wildman–Crippen MR) is 103 cm³/mol. The smallest absolute Gasteiger partial charge is 0.255 e. The van der Waals surface area contributed by atoms with E-state index >= 15 is 0 Å². The lowest BCUT2D eigenvalue weighted by Crippen LogP contribution is -2.20. The average molecular weight is 380 g/mol. The van der Waals surface area contributed by atoms with Crippen molar-refractivity contribution >= 4 is 17.5 Å². The van der Waals surface area contributed by atoms with E-state index in [-0.39, 0.29) is 5.69 Å². The summed E-state index contributed by atoms with van der Waals surface area (Å²) in [6.45, 7) is 1.92. The van der Waals surface area contributed by atoms with E-state index in [1.807, 2.05) is 6.07 Å². The van der Waals surface area contributed by atoms with Gasteiger partial charge in [-0.1, -0.05) is 12.1 Å². The Kier molecular flexibility index (Phi) is 4.97. The highest BCUT2D eigenvalue weighted by Gasteiger charge is 2.16. The van der Waals surface area contributed by atoms with Crippen LogP contribution in [0.25, 0.3) is 11.3 Å². The van der Waals surface area contributed by atoms with Gasteiger partial charge >= 0.3 is 0 Å². The molecule has 0 unspecified atom stereocenters. The largest absolute Gasteiger partial charge is 0.341 e. The molecule has 2 heterocycles. The summed E-state index contributed by atoms with van der Waals surface area (Å²) in [5, 5.41) is 2.45. The fraction of sp³-hybridized carbons (Fsp3) is 0.190. The van der Waals surface area contributed by atoms with Gasteiger partial charge in [0.15, 0.2) is 0 Å². The summed E-state index contributed by atoms with van der Waals surface area (Å²) in [6, 6.07) is 11.7. The molecule has 0 atom stereocenters. The lowest BCUT2D eigenvalue weighted by atomic mass is 10.1. The first kappa shape index (κ1) is 18.0. The van der Waals surface area contributed by atoms with E-state index in [1.54, 1.807) is 30.5 Å². The first-order valence-corrected chi connectivity index (χ1v) is 9.05. The first-order valence-electron chi connectivity index (χ1n) is 9.05. The third-order valence-corrected chi connectivity index (χ3v) is 4.65. The Bertz CT molecular complexity index is 1000. The highest BCUT2D eigenvalue weighted by Crippen LogP contribution is 2.22. The lowest BCUT2D eigenvalue weighted by Gasteiger charge is -2.15. The van der Waals surface area contributed by atoms with Gasteiger partial charge in [0.25, 0.3) is 5.91 Å². The third-order valence-electron chi connectivity index (χ3n) is 4.65. The van der Waals surface area contributed by atoms with E-state index in [0.717, 1.165) is 49.3 Å². The number of amides is 1. The Hall–Kier alpha value is -3.35. The maximum absolute atomic E-state index is 13.7. The topological polar surface area (TPSA) is 58.1 Å². The van der Waals surface area contributed by atoms with E-state index in [2.05, 4.69) is 20.2 Å². The molecule has 1 amide bonds. The van der Waals surface area contributed by atoms with Crippen molar-refractivity contribution < 1.29 is 13.6 Å². The van der Waals surface area contributed by atoms with E-state index in [0.29, 0.717) is 11.5 Å². The second kappa shape index (κ2) is 7.72. The standard InChI is InChI=1S/C21H18F2N4O/c22-16-7-8-19(17(23)13-16)25-20(28)15-5-3-14(4-6-15)18-9-10-24-21(26-18)27-11-1-2-12-27/h3-10,13H,1-2,11-12H2,(H,25,28). The van der Waals surface area contributed by atoms with Gasteiger partial charge in [-0.2, -0.15) is 0 Å². The van der Waals surface area contributed by atoms with E-state index in [4.69, 9.17) is 0 Å². The minimum atomic E-state index is -0.819. The first-order chi connectivity index (χ1) is 13.6. The summed E-state index contributed by atoms with van der Waals surface area (Å²) in [7, 11) is 0. The Morgan fingerprint density at radius 3 is 2.46 bits per heavy atom. The summed E-state index contributed by atoms with van der Waals surface area (Å²) < 4.78 is 26.7. The molecule has 0 bridgehead atoms. The number of anilines is 2. The Balaban J connectivity index is 1.50. The Labute approximate surface area is 161 Å². The number of rotatable bonds is 4. The van der Waals surface area contributed by atoms with Gasteiger partial charge in [0.1, 0.15) is 11.6 Å². The Morgan fingerprint density at radius 2 is 1.75 bits per heavy atom. The fourth-order valence-electron chi connectivity index (χ4n) is 3.16. The summed E-state index contributed by atoms with van der Waals surface area (Å²) in [5.41, 5.74) is 1.92. The van der Waals surface area contributed by atoms with Gasteiger partial charge in [0.2, 0.25) is 5.95 Å². The van der Waals surface area contributed by atoms with Crippen molar-refractivity contribution in [3.63, 3.8) is 0 Å². The molecule has 1 saturated heterocycles. The summed E-state index contributed by atoms with van der Waals surface area (Å²) in [5.74, 6) is -1.28. The van der Waals surface area contributed by atoms with Crippen LogP contribution in [0.3, 0.4) is 0 Å². The fourth-order valence-corrected chi connectivity index (χ4v) is 3.16. The molecule has 7 heteroatoms. The van der Waals surface area contributed by atoms with Crippen LogP contribution in [-0.2, 0) is 0 Å². The molecule has 0 aliphatic carbocycles. The molecular weight excluding hydrogens is 362 g/mol. The van der Waals surface area contributed by atoms with Crippen molar-refractivity contribution in [1.29, 1.82) is 0 Å². The summed E-state index contributed by atoms with van der Waals surface area (Å²) in [4.78, 5) is 23.4. The molecule has 28 heavy (non-hydrogen) atoms. The van der Waals surface area contributed by atoms with Gasteiger partial charge in [-0.3, -0.25) is 4.79 Å². The van der Waals surface area contributed by atoms with Crippen LogP contribution < -0.4 is 10.2 Å². The number of carbonyl (C=O) groups is 1. The number of hydrogen-bond acceptors (Lipinski definition) is 4. The maximum Gasteiger partial charge on any atom is 0.255 e. The van der Waals surface area contributed by atoms with Gasteiger partial charge in [0, 0.05) is 36.5 Å². The zero-order chi connectivity index (χ0) is 19.5. The van der Waals surface area contributed by atoms with Crippen LogP contribution in [0.5, 0.6) is 0 Å². The van der Waals surface area contributed by atoms with Gasteiger partial charge < -0.3 is 10.2 Å². The lowest BCUT2D eigenvalue weighted by molar-refractivity contribution is 0.102. The molecule has 1 aromatic heterocycles. The van der Waals surface area contributed by atoms with Crippen molar-refractivity contribution in [3.8, 4) is 11.3 Å². The van der Waals surface area contributed by atoms with Crippen LogP contribution in [0.4, 0.5) is 20.4 Å². The predicted octanol–water partition coefficient (Wildman–Crippen LogP) is 4.27. The maximum atomic E-state index is 13.7. The van der Waals surface area contributed by atoms with Crippen LogP contribution >= 0.6 is 0 Å². The van der Waals surface area contributed by atoms with Gasteiger partial charge in [-0.05, 0) is 43.2 Å². The van der Waals surface area contributed by atoms with Crippen LogP contribution in [0.1, 0.15) is 23.2 Å². The van der Waals surface area contributed by atoms with Crippen LogP contribution in [-0.4, -0.2) is 29.0 Å². The molecule has 2 aromatic carbocycles. The zero-order valence-corrected chi connectivity index (χ0v) is 15.0. The summed E-state index contributed by atoms with van der Waals surface area (Å²) >= 11 is 0. The molecule has 142 valence electrons. The van der Waals surface area contributed by atoms with Crippen LogP contribution in [0, 0.1) is 11.6 Å². The number of benzene rings is 2. The summed E-state index contributed by atoms with van der Waals surface area (Å²) in [6.07, 6.45) is 4.02. The highest BCUT2D eigenvalue weighted by molar-refractivity contribution is 6.04. The molecule has 0 saturated carbocycles. The highest BCUT2D eigenvalue weighted by atomic mass is 19.1. The van der Waals surface area contributed by atoms with Crippen molar-refractivity contribution in [2.45, 2.75) is 12.8 Å². The number of hydrogen-bond donors (Lipinski definition) is 1. The molecule has 1 aliphatic rings. The van der Waals surface area contributed by atoms with Crippen molar-refractivity contribution in [1.82, 2.24) is 9.97 Å². The van der Waals surface area contributed by atoms with E-state index in [9.17, 15) is 13.6 Å². The monoisotopic (exact) mass is 380 g/mol. The van der Waals surface area contributed by atoms with E-state index < -0.39 is 17.5 Å². The number of nitrogens with zero attached hydrogens (tertiary/aromatic N) is 3. The average Bonchev–Trinajstić information content (AvgIpc) is 3.25. The number of nitrogens with one attached hydrogen (secondary N) is 1. The van der Waals surface area contributed by atoms with Crippen molar-refractivity contribution in [2.75, 3.05) is 23.3 Å². The second-order valence-corrected chi connectivity index (χ2v) is 6.59. The molecular formula is C21H18F2N4O. The normalized spacial score (nSPS) is 13.6. The van der Waals surface area contributed by atoms with Gasteiger partial charge in [-0.15, -0.1) is 0 Å². The molecule has 1 aliphatic heterocycles. The molecule has 3 aromatic rings. The molecule has 0 radical (unpaired) electrons. The molecule has 5 nitrogen and oxygen atoms in total. The quantitative estimate of drug-likeness (QED) is 0.734. The number of carbonyl (C=O) groups excluding carboxylic acids is 1. The van der Waals surface area contributed by atoms with Crippen LogP contribution in [0.15, 0.2) is 54.7 Å². The van der Waals surface area contributed by atoms with Crippen molar-refractivity contribution in [2.24, 2.45) is 0 Å². The molecule has 1 N–H and O–H groups in total. The molecule has 4 rings (SSSR count). The SMILES string of the molecule is O=C(Nc1ccc(F)cc1F)c1ccc(-c2ccnc(N3CCCC3)n2)cc1. The molecule has 1 fully saturated rings.